The summed E-state index contributed by atoms with van der Waals surface area (Å²) in [6.45, 7) is 12.2. The molecular weight excluding hydrogens is 234 g/mol. The molecule has 3 atom stereocenters. The van der Waals surface area contributed by atoms with Crippen LogP contribution in [0.3, 0.4) is 0 Å². The summed E-state index contributed by atoms with van der Waals surface area (Å²) < 4.78 is 0. The Morgan fingerprint density at radius 1 is 1.37 bits per heavy atom. The first-order chi connectivity index (χ1) is 9.11. The van der Waals surface area contributed by atoms with Crippen LogP contribution in [0.1, 0.15) is 38.6 Å². The van der Waals surface area contributed by atoms with Crippen LogP contribution in [0.4, 0.5) is 0 Å². The van der Waals surface area contributed by atoms with E-state index < -0.39 is 0 Å². The van der Waals surface area contributed by atoms with Crippen molar-refractivity contribution in [3.05, 3.63) is 29.6 Å². The molecule has 1 aliphatic heterocycles. The predicted molar refractivity (Wildman–Crippen MR) is 80.1 cm³/mol. The van der Waals surface area contributed by atoms with E-state index in [2.05, 4.69) is 61.1 Å². The standard InChI is InChI=1S/C16H27N3/c1-5-17-16-9-10-19(14(4)13(16)3)11-15-8-6-7-12(2)18-15/h6-8,13-14,16-17H,5,9-11H2,1-4H3. The topological polar surface area (TPSA) is 28.2 Å². The first-order valence-electron chi connectivity index (χ1n) is 7.51. The number of hydrogen-bond donors (Lipinski definition) is 1. The Morgan fingerprint density at radius 3 is 2.84 bits per heavy atom. The summed E-state index contributed by atoms with van der Waals surface area (Å²) in [7, 11) is 0. The molecule has 0 amide bonds. The van der Waals surface area contributed by atoms with Crippen LogP contribution in [-0.2, 0) is 6.54 Å². The summed E-state index contributed by atoms with van der Waals surface area (Å²) in [4.78, 5) is 7.19. The molecular formula is C16H27N3. The highest BCUT2D eigenvalue weighted by Crippen LogP contribution is 2.24. The normalized spacial score (nSPS) is 28.5. The van der Waals surface area contributed by atoms with E-state index >= 15 is 0 Å². The summed E-state index contributed by atoms with van der Waals surface area (Å²) >= 11 is 0. The van der Waals surface area contributed by atoms with Gasteiger partial charge in [0.15, 0.2) is 0 Å². The van der Waals surface area contributed by atoms with Gasteiger partial charge in [-0.1, -0.05) is 19.9 Å². The van der Waals surface area contributed by atoms with Crippen molar-refractivity contribution < 1.29 is 0 Å². The van der Waals surface area contributed by atoms with Crippen LogP contribution >= 0.6 is 0 Å². The van der Waals surface area contributed by atoms with E-state index in [9.17, 15) is 0 Å². The number of pyridine rings is 1. The molecule has 1 N–H and O–H groups in total. The molecule has 1 aliphatic rings. The third kappa shape index (κ3) is 3.54. The Kier molecular flexibility index (Phi) is 4.94. The fourth-order valence-corrected chi connectivity index (χ4v) is 3.11. The zero-order valence-corrected chi connectivity index (χ0v) is 12.7. The monoisotopic (exact) mass is 261 g/mol. The van der Waals surface area contributed by atoms with Gasteiger partial charge >= 0.3 is 0 Å². The Morgan fingerprint density at radius 2 is 2.16 bits per heavy atom. The molecule has 1 aromatic heterocycles. The van der Waals surface area contributed by atoms with E-state index in [4.69, 9.17) is 0 Å². The molecule has 0 saturated carbocycles. The highest BCUT2D eigenvalue weighted by molar-refractivity contribution is 5.10. The van der Waals surface area contributed by atoms with Crippen molar-refractivity contribution in [3.8, 4) is 0 Å². The quantitative estimate of drug-likeness (QED) is 0.903. The van der Waals surface area contributed by atoms with Gasteiger partial charge in [-0.25, -0.2) is 0 Å². The number of aryl methyl sites for hydroxylation is 1. The summed E-state index contributed by atoms with van der Waals surface area (Å²) in [6.07, 6.45) is 1.24. The average Bonchev–Trinajstić information content (AvgIpc) is 2.39. The molecule has 0 spiro atoms. The number of hydrogen-bond acceptors (Lipinski definition) is 3. The van der Waals surface area contributed by atoms with Crippen molar-refractivity contribution in [3.63, 3.8) is 0 Å². The molecule has 1 saturated heterocycles. The lowest BCUT2D eigenvalue weighted by atomic mass is 9.87. The van der Waals surface area contributed by atoms with Gasteiger partial charge in [0.25, 0.3) is 0 Å². The van der Waals surface area contributed by atoms with Gasteiger partial charge in [-0.15, -0.1) is 0 Å². The maximum absolute atomic E-state index is 4.62. The Hall–Kier alpha value is -0.930. The highest BCUT2D eigenvalue weighted by atomic mass is 15.2. The number of likely N-dealkylation sites (tertiary alicyclic amines) is 1. The summed E-state index contributed by atoms with van der Waals surface area (Å²) in [5.74, 6) is 0.693. The minimum atomic E-state index is 0.611. The van der Waals surface area contributed by atoms with Crippen LogP contribution in [0.2, 0.25) is 0 Å². The SMILES string of the molecule is CCNC1CCN(Cc2cccc(C)n2)C(C)C1C. The molecule has 2 heterocycles. The summed E-state index contributed by atoms with van der Waals surface area (Å²) in [5.41, 5.74) is 2.31. The third-order valence-electron chi connectivity index (χ3n) is 4.48. The second-order valence-electron chi connectivity index (χ2n) is 5.79. The van der Waals surface area contributed by atoms with Crippen LogP contribution in [0.5, 0.6) is 0 Å². The maximum Gasteiger partial charge on any atom is 0.0547 e. The molecule has 0 radical (unpaired) electrons. The lowest BCUT2D eigenvalue weighted by molar-refractivity contribution is 0.0779. The second kappa shape index (κ2) is 6.49. The van der Waals surface area contributed by atoms with Gasteiger partial charge in [-0.3, -0.25) is 9.88 Å². The van der Waals surface area contributed by atoms with Crippen molar-refractivity contribution in [1.29, 1.82) is 0 Å². The number of nitrogens with zero attached hydrogens (tertiary/aromatic N) is 2. The van der Waals surface area contributed by atoms with E-state index in [0.29, 0.717) is 18.0 Å². The molecule has 1 fully saturated rings. The second-order valence-corrected chi connectivity index (χ2v) is 5.79. The molecule has 0 aromatic carbocycles. The van der Waals surface area contributed by atoms with Gasteiger partial charge < -0.3 is 5.32 Å². The fourth-order valence-electron chi connectivity index (χ4n) is 3.11. The van der Waals surface area contributed by atoms with E-state index in [1.807, 2.05) is 0 Å². The Bertz CT molecular complexity index is 405. The smallest absolute Gasteiger partial charge is 0.0547 e. The van der Waals surface area contributed by atoms with E-state index in [0.717, 1.165) is 18.8 Å². The van der Waals surface area contributed by atoms with Crippen LogP contribution in [0.25, 0.3) is 0 Å². The molecule has 0 bridgehead atoms. The van der Waals surface area contributed by atoms with E-state index in [-0.39, 0.29) is 0 Å². The molecule has 3 nitrogen and oxygen atoms in total. The van der Waals surface area contributed by atoms with E-state index in [1.165, 1.54) is 18.7 Å². The maximum atomic E-state index is 4.62. The molecule has 2 rings (SSSR count). The van der Waals surface area contributed by atoms with Crippen LogP contribution in [0.15, 0.2) is 18.2 Å². The Balaban J connectivity index is 1.99. The van der Waals surface area contributed by atoms with Gasteiger partial charge in [0.1, 0.15) is 0 Å². The van der Waals surface area contributed by atoms with Crippen molar-refractivity contribution in [1.82, 2.24) is 15.2 Å². The molecule has 0 aliphatic carbocycles. The van der Waals surface area contributed by atoms with Crippen LogP contribution < -0.4 is 5.32 Å². The third-order valence-corrected chi connectivity index (χ3v) is 4.48. The molecule has 1 aromatic rings. The highest BCUT2D eigenvalue weighted by Gasteiger charge is 2.31. The molecule has 3 heteroatoms. The lowest BCUT2D eigenvalue weighted by Gasteiger charge is -2.43. The zero-order chi connectivity index (χ0) is 13.8. The zero-order valence-electron chi connectivity index (χ0n) is 12.7. The van der Waals surface area contributed by atoms with Gasteiger partial charge in [-0.2, -0.15) is 0 Å². The Labute approximate surface area is 117 Å². The van der Waals surface area contributed by atoms with Crippen molar-refractivity contribution in [2.24, 2.45) is 5.92 Å². The van der Waals surface area contributed by atoms with Gasteiger partial charge in [0.05, 0.1) is 5.69 Å². The summed E-state index contributed by atoms with van der Waals surface area (Å²) in [5, 5.41) is 3.62. The number of piperidine rings is 1. The van der Waals surface area contributed by atoms with Gasteiger partial charge in [0, 0.05) is 30.9 Å². The number of rotatable bonds is 4. The molecule has 19 heavy (non-hydrogen) atoms. The lowest BCUT2D eigenvalue weighted by Crippen LogP contribution is -2.53. The van der Waals surface area contributed by atoms with Crippen molar-refractivity contribution in [2.75, 3.05) is 13.1 Å². The fraction of sp³-hybridized carbons (Fsp3) is 0.688. The summed E-state index contributed by atoms with van der Waals surface area (Å²) in [6, 6.07) is 7.59. The average molecular weight is 261 g/mol. The first-order valence-corrected chi connectivity index (χ1v) is 7.51. The van der Waals surface area contributed by atoms with Crippen LogP contribution in [0, 0.1) is 12.8 Å². The van der Waals surface area contributed by atoms with Crippen LogP contribution in [-0.4, -0.2) is 35.1 Å². The van der Waals surface area contributed by atoms with E-state index in [1.54, 1.807) is 0 Å². The van der Waals surface area contributed by atoms with Crippen molar-refractivity contribution in [2.45, 2.75) is 52.7 Å². The van der Waals surface area contributed by atoms with Crippen molar-refractivity contribution >= 4 is 0 Å². The molecule has 106 valence electrons. The van der Waals surface area contributed by atoms with Gasteiger partial charge in [-0.05, 0) is 44.9 Å². The number of aromatic nitrogens is 1. The first kappa shape index (κ1) is 14.5. The minimum Gasteiger partial charge on any atom is -0.314 e. The minimum absolute atomic E-state index is 0.611. The number of nitrogens with one attached hydrogen (secondary N) is 1. The molecule has 3 unspecified atom stereocenters. The van der Waals surface area contributed by atoms with Gasteiger partial charge in [0.2, 0.25) is 0 Å². The largest absolute Gasteiger partial charge is 0.314 e. The predicted octanol–water partition coefficient (Wildman–Crippen LogP) is 2.60.